The summed E-state index contributed by atoms with van der Waals surface area (Å²) in [7, 11) is 0. The largest absolute Gasteiger partial charge is 0.318 e. The molecule has 0 unspecified atom stereocenters. The Kier molecular flexibility index (Phi) is 4.89. The summed E-state index contributed by atoms with van der Waals surface area (Å²) < 4.78 is 12.9. The monoisotopic (exact) mass is 350 g/mol. The van der Waals surface area contributed by atoms with Crippen molar-refractivity contribution < 1.29 is 18.8 Å². The van der Waals surface area contributed by atoms with E-state index in [1.807, 2.05) is 0 Å². The quantitative estimate of drug-likeness (QED) is 0.670. The van der Waals surface area contributed by atoms with Crippen molar-refractivity contribution in [2.24, 2.45) is 0 Å². The molecule has 2 fully saturated rings. The second-order valence-corrected chi connectivity index (χ2v) is 7.24. The topological polar surface area (TPSA) is 66.5 Å². The molecule has 1 aliphatic heterocycles. The molecule has 0 bridgehead atoms. The normalized spacial score (nSPS) is 20.1. The summed E-state index contributed by atoms with van der Waals surface area (Å²) in [5, 5.41) is 2.38. The van der Waals surface area contributed by atoms with Gasteiger partial charge >= 0.3 is 0 Å². The molecule has 1 N–H and O–H groups in total. The maximum Gasteiger partial charge on any atom is 0.252 e. The fourth-order valence-electron chi connectivity index (χ4n) is 3.41. The zero-order valence-electron chi connectivity index (χ0n) is 13.2. The van der Waals surface area contributed by atoms with E-state index in [1.54, 1.807) is 12.1 Å². The van der Waals surface area contributed by atoms with Crippen LogP contribution in [0.1, 0.15) is 32.1 Å². The molecule has 1 saturated heterocycles. The number of nitrogens with one attached hydrogen (secondary N) is 1. The van der Waals surface area contributed by atoms with Gasteiger partial charge in [-0.1, -0.05) is 19.3 Å². The van der Waals surface area contributed by atoms with Crippen LogP contribution in [0.4, 0.5) is 4.39 Å². The number of hydrogen-bond donors (Lipinski definition) is 1. The van der Waals surface area contributed by atoms with Gasteiger partial charge in [-0.05, 0) is 37.1 Å². The van der Waals surface area contributed by atoms with Crippen LogP contribution in [0.25, 0.3) is 0 Å². The van der Waals surface area contributed by atoms with Crippen molar-refractivity contribution in [2.45, 2.75) is 42.5 Å². The van der Waals surface area contributed by atoms with E-state index in [0.29, 0.717) is 12.8 Å². The molecule has 1 aliphatic carbocycles. The molecule has 1 heterocycles. The van der Waals surface area contributed by atoms with Gasteiger partial charge in [-0.25, -0.2) is 4.39 Å². The first kappa shape index (κ1) is 17.0. The van der Waals surface area contributed by atoms with E-state index in [4.69, 9.17) is 0 Å². The van der Waals surface area contributed by atoms with Crippen LogP contribution in [-0.2, 0) is 14.4 Å². The number of imide groups is 1. The Morgan fingerprint density at radius 3 is 2.50 bits per heavy atom. The maximum absolute atomic E-state index is 12.9. The highest BCUT2D eigenvalue weighted by molar-refractivity contribution is 8.00. The summed E-state index contributed by atoms with van der Waals surface area (Å²) in [6.45, 7) is -0.0749. The molecule has 0 atom stereocenters. The Morgan fingerprint density at radius 2 is 1.83 bits per heavy atom. The molecule has 2 aliphatic rings. The van der Waals surface area contributed by atoms with Crippen LogP contribution in [-0.4, -0.2) is 40.5 Å². The van der Waals surface area contributed by atoms with Gasteiger partial charge in [-0.15, -0.1) is 11.8 Å². The molecule has 7 heteroatoms. The first-order valence-corrected chi connectivity index (χ1v) is 9.03. The fraction of sp³-hybridized carbons (Fsp3) is 0.471. The van der Waals surface area contributed by atoms with Gasteiger partial charge in [0.1, 0.15) is 17.9 Å². The molecule has 0 aromatic heterocycles. The maximum atomic E-state index is 12.9. The van der Waals surface area contributed by atoms with E-state index in [9.17, 15) is 18.8 Å². The molecule has 1 aromatic rings. The van der Waals surface area contributed by atoms with Crippen LogP contribution in [0.3, 0.4) is 0 Å². The van der Waals surface area contributed by atoms with E-state index < -0.39 is 11.4 Å². The number of thioether (sulfide) groups is 1. The number of benzene rings is 1. The van der Waals surface area contributed by atoms with Crippen LogP contribution < -0.4 is 5.32 Å². The third-order valence-corrected chi connectivity index (χ3v) is 5.65. The van der Waals surface area contributed by atoms with Gasteiger partial charge in [0.2, 0.25) is 11.8 Å². The second-order valence-electron chi connectivity index (χ2n) is 6.19. The number of piperazine rings is 1. The highest BCUT2D eigenvalue weighted by atomic mass is 32.2. The fourth-order valence-corrected chi connectivity index (χ4v) is 4.19. The van der Waals surface area contributed by atoms with E-state index in [-0.39, 0.29) is 29.9 Å². The lowest BCUT2D eigenvalue weighted by Crippen LogP contribution is -2.69. The molecular weight excluding hydrogens is 331 g/mol. The highest BCUT2D eigenvalue weighted by Gasteiger charge is 2.50. The van der Waals surface area contributed by atoms with Gasteiger partial charge in [0.05, 0.1) is 5.75 Å². The number of carbonyl (C=O) groups is 3. The van der Waals surface area contributed by atoms with Crippen LogP contribution in [0, 0.1) is 5.82 Å². The Hall–Kier alpha value is -1.89. The molecule has 3 rings (SSSR count). The molecule has 3 amide bonds. The standard InChI is InChI=1S/C17H19FN2O3S/c18-12-4-6-13(7-5-12)24-11-15(22)20-10-14(21)19-16(23)17(20)8-2-1-3-9-17/h4-7H,1-3,8-11H2,(H,19,21,23). The van der Waals surface area contributed by atoms with Gasteiger partial charge < -0.3 is 4.90 Å². The first-order chi connectivity index (χ1) is 11.5. The van der Waals surface area contributed by atoms with Gasteiger partial charge in [-0.2, -0.15) is 0 Å². The van der Waals surface area contributed by atoms with E-state index >= 15 is 0 Å². The van der Waals surface area contributed by atoms with E-state index in [0.717, 1.165) is 24.2 Å². The molecule has 1 spiro atoms. The number of carbonyl (C=O) groups excluding carboxylic acids is 3. The smallest absolute Gasteiger partial charge is 0.252 e. The summed E-state index contributed by atoms with van der Waals surface area (Å²) in [4.78, 5) is 39.1. The van der Waals surface area contributed by atoms with Gasteiger partial charge in [0, 0.05) is 4.90 Å². The molecular formula is C17H19FN2O3S. The third-order valence-electron chi connectivity index (χ3n) is 4.65. The van der Waals surface area contributed by atoms with Crippen molar-refractivity contribution in [3.05, 3.63) is 30.1 Å². The molecule has 128 valence electrons. The van der Waals surface area contributed by atoms with Crippen LogP contribution >= 0.6 is 11.8 Å². The van der Waals surface area contributed by atoms with Crippen LogP contribution in [0.15, 0.2) is 29.2 Å². The Balaban J connectivity index is 1.73. The van der Waals surface area contributed by atoms with E-state index in [2.05, 4.69) is 5.32 Å². The van der Waals surface area contributed by atoms with Crippen molar-refractivity contribution in [1.82, 2.24) is 10.2 Å². The average Bonchev–Trinajstić information content (AvgIpc) is 2.58. The summed E-state index contributed by atoms with van der Waals surface area (Å²) in [6.07, 6.45) is 3.97. The summed E-state index contributed by atoms with van der Waals surface area (Å²) in [5.74, 6) is -1.22. The Bertz CT molecular complexity index is 656. The molecule has 1 saturated carbocycles. The lowest BCUT2D eigenvalue weighted by Gasteiger charge is -2.47. The van der Waals surface area contributed by atoms with Crippen molar-refractivity contribution in [2.75, 3.05) is 12.3 Å². The van der Waals surface area contributed by atoms with Crippen LogP contribution in [0.5, 0.6) is 0 Å². The minimum Gasteiger partial charge on any atom is -0.318 e. The summed E-state index contributed by atoms with van der Waals surface area (Å²) in [6, 6.07) is 5.90. The molecule has 24 heavy (non-hydrogen) atoms. The zero-order valence-corrected chi connectivity index (χ0v) is 14.0. The molecule has 1 aromatic carbocycles. The summed E-state index contributed by atoms with van der Waals surface area (Å²) in [5.41, 5.74) is -0.882. The van der Waals surface area contributed by atoms with Gasteiger partial charge in [0.25, 0.3) is 5.91 Å². The number of amides is 3. The van der Waals surface area contributed by atoms with Crippen molar-refractivity contribution in [1.29, 1.82) is 0 Å². The molecule has 0 radical (unpaired) electrons. The first-order valence-electron chi connectivity index (χ1n) is 8.04. The lowest BCUT2D eigenvalue weighted by molar-refractivity contribution is -0.158. The second kappa shape index (κ2) is 6.93. The average molecular weight is 350 g/mol. The number of rotatable bonds is 3. The number of nitrogens with zero attached hydrogens (tertiary/aromatic N) is 1. The van der Waals surface area contributed by atoms with E-state index in [1.165, 1.54) is 28.8 Å². The minimum absolute atomic E-state index is 0.0749. The predicted molar refractivity (Wildman–Crippen MR) is 87.8 cm³/mol. The minimum atomic E-state index is -0.882. The number of hydrogen-bond acceptors (Lipinski definition) is 4. The van der Waals surface area contributed by atoms with Crippen LogP contribution in [0.2, 0.25) is 0 Å². The zero-order chi connectivity index (χ0) is 17.2. The van der Waals surface area contributed by atoms with Crippen molar-refractivity contribution in [3.8, 4) is 0 Å². The Morgan fingerprint density at radius 1 is 1.17 bits per heavy atom. The SMILES string of the molecule is O=C1CN(C(=O)CSc2ccc(F)cc2)C2(CCCCC2)C(=O)N1. The number of halogens is 1. The molecule has 5 nitrogen and oxygen atoms in total. The Labute approximate surface area is 144 Å². The third kappa shape index (κ3) is 3.31. The summed E-state index contributed by atoms with van der Waals surface area (Å²) >= 11 is 1.28. The predicted octanol–water partition coefficient (Wildman–Crippen LogP) is 2.11. The highest BCUT2D eigenvalue weighted by Crippen LogP contribution is 2.36. The lowest BCUT2D eigenvalue weighted by atomic mass is 9.78. The van der Waals surface area contributed by atoms with Gasteiger partial charge in [-0.3, -0.25) is 19.7 Å². The van der Waals surface area contributed by atoms with Crippen molar-refractivity contribution in [3.63, 3.8) is 0 Å². The van der Waals surface area contributed by atoms with Gasteiger partial charge in [0.15, 0.2) is 0 Å². The van der Waals surface area contributed by atoms with Crippen molar-refractivity contribution >= 4 is 29.5 Å².